The highest BCUT2D eigenvalue weighted by Gasteiger charge is 2.18. The fourth-order valence-electron chi connectivity index (χ4n) is 1.91. The van der Waals surface area contributed by atoms with Crippen molar-refractivity contribution in [3.05, 3.63) is 33.3 Å². The van der Waals surface area contributed by atoms with Crippen molar-refractivity contribution in [3.63, 3.8) is 0 Å². The fraction of sp³-hybridized carbons (Fsp3) is 0.455. The number of benzene rings is 1. The molecule has 0 radical (unpaired) electrons. The van der Waals surface area contributed by atoms with Gasteiger partial charge in [0.05, 0.1) is 11.0 Å². The Morgan fingerprint density at radius 2 is 2.06 bits per heavy atom. The summed E-state index contributed by atoms with van der Waals surface area (Å²) >= 11 is 5.79. The van der Waals surface area contributed by atoms with E-state index in [1.807, 2.05) is 0 Å². The van der Waals surface area contributed by atoms with Gasteiger partial charge in [0.25, 0.3) is 5.69 Å². The first kappa shape index (κ1) is 11.2. The van der Waals surface area contributed by atoms with Crippen LogP contribution in [0.25, 0.3) is 0 Å². The Morgan fingerprint density at radius 3 is 2.62 bits per heavy atom. The number of nitro benzene ring substituents is 1. The standard InChI is InChI=1S/C11H12ClNO3/c12-10-7-9(5-6-11(10)13(14)15)16-8-3-1-2-4-8/h5-8H,1-4H2. The van der Waals surface area contributed by atoms with Gasteiger partial charge in [-0.1, -0.05) is 11.6 Å². The van der Waals surface area contributed by atoms with E-state index in [2.05, 4.69) is 0 Å². The second-order valence-corrected chi connectivity index (χ2v) is 4.30. The van der Waals surface area contributed by atoms with Crippen molar-refractivity contribution in [2.24, 2.45) is 0 Å². The smallest absolute Gasteiger partial charge is 0.288 e. The first-order valence-electron chi connectivity index (χ1n) is 5.27. The van der Waals surface area contributed by atoms with Crippen LogP contribution in [0.5, 0.6) is 5.75 Å². The van der Waals surface area contributed by atoms with Crippen molar-refractivity contribution in [3.8, 4) is 5.75 Å². The van der Waals surface area contributed by atoms with Gasteiger partial charge < -0.3 is 4.74 Å². The average molecular weight is 242 g/mol. The van der Waals surface area contributed by atoms with Gasteiger partial charge in [0.2, 0.25) is 0 Å². The van der Waals surface area contributed by atoms with E-state index in [-0.39, 0.29) is 16.8 Å². The van der Waals surface area contributed by atoms with Gasteiger partial charge in [0.15, 0.2) is 0 Å². The van der Waals surface area contributed by atoms with Crippen LogP contribution in [0.4, 0.5) is 5.69 Å². The summed E-state index contributed by atoms with van der Waals surface area (Å²) < 4.78 is 5.68. The molecule has 0 N–H and O–H groups in total. The van der Waals surface area contributed by atoms with Crippen LogP contribution in [-0.4, -0.2) is 11.0 Å². The molecule has 0 amide bonds. The lowest BCUT2D eigenvalue weighted by molar-refractivity contribution is -0.384. The zero-order chi connectivity index (χ0) is 11.5. The van der Waals surface area contributed by atoms with E-state index in [1.54, 1.807) is 6.07 Å². The number of rotatable bonds is 3. The number of ether oxygens (including phenoxy) is 1. The quantitative estimate of drug-likeness (QED) is 0.600. The SMILES string of the molecule is O=[N+]([O-])c1ccc(OC2CCCC2)cc1Cl. The molecular weight excluding hydrogens is 230 g/mol. The zero-order valence-corrected chi connectivity index (χ0v) is 9.44. The second kappa shape index (κ2) is 4.70. The van der Waals surface area contributed by atoms with Crippen molar-refractivity contribution in [2.45, 2.75) is 31.8 Å². The molecule has 5 heteroatoms. The molecule has 0 heterocycles. The second-order valence-electron chi connectivity index (χ2n) is 3.89. The Kier molecular flexibility index (Phi) is 3.29. The molecule has 1 aliphatic carbocycles. The van der Waals surface area contributed by atoms with Gasteiger partial charge in [0, 0.05) is 12.1 Å². The van der Waals surface area contributed by atoms with E-state index >= 15 is 0 Å². The molecule has 0 aromatic heterocycles. The van der Waals surface area contributed by atoms with Gasteiger partial charge in [-0.15, -0.1) is 0 Å². The molecule has 1 fully saturated rings. The summed E-state index contributed by atoms with van der Waals surface area (Å²) in [6.07, 6.45) is 4.71. The molecule has 1 saturated carbocycles. The molecule has 4 nitrogen and oxygen atoms in total. The van der Waals surface area contributed by atoms with E-state index in [1.165, 1.54) is 25.0 Å². The Morgan fingerprint density at radius 1 is 1.38 bits per heavy atom. The summed E-state index contributed by atoms with van der Waals surface area (Å²) in [6, 6.07) is 4.49. The minimum atomic E-state index is -0.498. The normalized spacial score (nSPS) is 16.3. The van der Waals surface area contributed by atoms with E-state index in [9.17, 15) is 10.1 Å². The molecule has 16 heavy (non-hydrogen) atoms. The van der Waals surface area contributed by atoms with Crippen LogP contribution in [0.2, 0.25) is 5.02 Å². The highest BCUT2D eigenvalue weighted by atomic mass is 35.5. The number of hydrogen-bond acceptors (Lipinski definition) is 3. The van der Waals surface area contributed by atoms with Crippen LogP contribution < -0.4 is 4.74 Å². The molecule has 0 bridgehead atoms. The summed E-state index contributed by atoms with van der Waals surface area (Å²) in [5.74, 6) is 0.613. The highest BCUT2D eigenvalue weighted by molar-refractivity contribution is 6.32. The third-order valence-corrected chi connectivity index (χ3v) is 3.02. The van der Waals surface area contributed by atoms with Crippen LogP contribution in [0.15, 0.2) is 18.2 Å². The highest BCUT2D eigenvalue weighted by Crippen LogP contribution is 2.30. The number of hydrogen-bond donors (Lipinski definition) is 0. The van der Waals surface area contributed by atoms with Crippen molar-refractivity contribution in [1.82, 2.24) is 0 Å². The molecule has 0 unspecified atom stereocenters. The van der Waals surface area contributed by atoms with Gasteiger partial charge >= 0.3 is 0 Å². The Bertz CT molecular complexity index is 402. The lowest BCUT2D eigenvalue weighted by atomic mass is 10.3. The summed E-state index contributed by atoms with van der Waals surface area (Å²) in [7, 11) is 0. The van der Waals surface area contributed by atoms with Crippen molar-refractivity contribution in [1.29, 1.82) is 0 Å². The van der Waals surface area contributed by atoms with E-state index < -0.39 is 4.92 Å². The van der Waals surface area contributed by atoms with Gasteiger partial charge in [-0.05, 0) is 31.7 Å². The van der Waals surface area contributed by atoms with Crippen molar-refractivity contribution < 1.29 is 9.66 Å². The summed E-state index contributed by atoms with van der Waals surface area (Å²) in [4.78, 5) is 10.1. The Balaban J connectivity index is 2.11. The number of nitrogens with zero attached hydrogens (tertiary/aromatic N) is 1. The third kappa shape index (κ3) is 2.44. The van der Waals surface area contributed by atoms with E-state index in [0.29, 0.717) is 5.75 Å². The van der Waals surface area contributed by atoms with Gasteiger partial charge in [-0.25, -0.2) is 0 Å². The van der Waals surface area contributed by atoms with Crippen LogP contribution in [0.3, 0.4) is 0 Å². The predicted molar refractivity (Wildman–Crippen MR) is 61.0 cm³/mol. The maximum atomic E-state index is 10.6. The van der Waals surface area contributed by atoms with Crippen LogP contribution in [0, 0.1) is 10.1 Å². The topological polar surface area (TPSA) is 52.4 Å². The largest absolute Gasteiger partial charge is 0.490 e. The minimum Gasteiger partial charge on any atom is -0.490 e. The molecular formula is C11H12ClNO3. The predicted octanol–water partition coefficient (Wildman–Crippen LogP) is 3.57. The minimum absolute atomic E-state index is 0.0829. The first-order valence-corrected chi connectivity index (χ1v) is 5.65. The molecule has 0 saturated heterocycles. The Hall–Kier alpha value is -1.29. The molecule has 0 atom stereocenters. The van der Waals surface area contributed by atoms with E-state index in [0.717, 1.165) is 12.8 Å². The van der Waals surface area contributed by atoms with Gasteiger partial charge in [0.1, 0.15) is 10.8 Å². The molecule has 86 valence electrons. The monoisotopic (exact) mass is 241 g/mol. The van der Waals surface area contributed by atoms with Crippen LogP contribution >= 0.6 is 11.6 Å². The van der Waals surface area contributed by atoms with E-state index in [4.69, 9.17) is 16.3 Å². The summed E-state index contributed by atoms with van der Waals surface area (Å²) in [5.41, 5.74) is -0.0829. The molecule has 1 aromatic rings. The Labute approximate surface area is 98.3 Å². The van der Waals surface area contributed by atoms with Gasteiger partial charge in [-0.3, -0.25) is 10.1 Å². The lowest BCUT2D eigenvalue weighted by Gasteiger charge is -2.12. The summed E-state index contributed by atoms with van der Waals surface area (Å²) in [5, 5.41) is 10.7. The third-order valence-electron chi connectivity index (χ3n) is 2.72. The van der Waals surface area contributed by atoms with Crippen molar-refractivity contribution in [2.75, 3.05) is 0 Å². The molecule has 1 aliphatic rings. The average Bonchev–Trinajstić information content (AvgIpc) is 2.70. The molecule has 0 aliphatic heterocycles. The maximum absolute atomic E-state index is 10.6. The van der Waals surface area contributed by atoms with Crippen molar-refractivity contribution >= 4 is 17.3 Å². The number of nitro groups is 1. The van der Waals surface area contributed by atoms with Gasteiger partial charge in [-0.2, -0.15) is 0 Å². The molecule has 0 spiro atoms. The molecule has 2 rings (SSSR count). The zero-order valence-electron chi connectivity index (χ0n) is 8.69. The lowest BCUT2D eigenvalue weighted by Crippen LogP contribution is -2.10. The first-order chi connectivity index (χ1) is 7.66. The van der Waals surface area contributed by atoms with Crippen LogP contribution in [-0.2, 0) is 0 Å². The van der Waals surface area contributed by atoms with Crippen LogP contribution in [0.1, 0.15) is 25.7 Å². The fourth-order valence-corrected chi connectivity index (χ4v) is 2.15. The maximum Gasteiger partial charge on any atom is 0.288 e. The molecule has 1 aromatic carbocycles. The summed E-state index contributed by atoms with van der Waals surface area (Å²) in [6.45, 7) is 0. The number of halogens is 1.